The minimum atomic E-state index is -0.471. The van der Waals surface area contributed by atoms with Gasteiger partial charge in [0, 0.05) is 42.0 Å². The summed E-state index contributed by atoms with van der Waals surface area (Å²) in [6.07, 6.45) is 1.28. The molecule has 0 aromatic heterocycles. The third-order valence-electron chi connectivity index (χ3n) is 7.39. The van der Waals surface area contributed by atoms with E-state index < -0.39 is 11.9 Å². The van der Waals surface area contributed by atoms with Gasteiger partial charge in [0.1, 0.15) is 0 Å². The van der Waals surface area contributed by atoms with Crippen LogP contribution in [0.5, 0.6) is 0 Å². The average molecular weight is 646 g/mol. The topological polar surface area (TPSA) is 97.6 Å². The molecule has 0 N–H and O–H groups in total. The average Bonchev–Trinajstić information content (AvgIpc) is 3.06. The van der Waals surface area contributed by atoms with Crippen LogP contribution in [-0.2, 0) is 19.3 Å². The summed E-state index contributed by atoms with van der Waals surface area (Å²) in [6.45, 7) is 13.0. The Labute approximate surface area is 283 Å². The summed E-state index contributed by atoms with van der Waals surface area (Å²) in [6, 6.07) is 30.9. The summed E-state index contributed by atoms with van der Waals surface area (Å²) in [4.78, 5) is 48.3. The Morgan fingerprint density at radius 3 is 1.17 bits per heavy atom. The molecule has 8 heteroatoms. The van der Waals surface area contributed by atoms with E-state index in [9.17, 15) is 14.4 Å². The molecule has 8 nitrogen and oxygen atoms in total. The third kappa shape index (κ3) is 9.82. The van der Waals surface area contributed by atoms with Gasteiger partial charge in [0.25, 0.3) is 0 Å². The maximum atomic E-state index is 13.2. The van der Waals surface area contributed by atoms with Gasteiger partial charge in [0.2, 0.25) is 0 Å². The maximum Gasteiger partial charge on any atom is 0.331 e. The van der Waals surface area contributed by atoms with Gasteiger partial charge in [-0.2, -0.15) is 0 Å². The van der Waals surface area contributed by atoms with Crippen molar-refractivity contribution < 1.29 is 24.1 Å². The molecule has 0 spiro atoms. The van der Waals surface area contributed by atoms with Gasteiger partial charge >= 0.3 is 11.9 Å². The second-order valence-corrected chi connectivity index (χ2v) is 12.6. The molecule has 0 aliphatic carbocycles. The molecule has 0 bridgehead atoms. The van der Waals surface area contributed by atoms with Gasteiger partial charge in [-0.1, -0.05) is 92.1 Å². The first-order valence-corrected chi connectivity index (χ1v) is 16.1. The quantitative estimate of drug-likeness (QED) is 0.0622. The van der Waals surface area contributed by atoms with Crippen LogP contribution in [0.15, 0.2) is 107 Å². The van der Waals surface area contributed by atoms with E-state index in [1.807, 2.05) is 104 Å². The minimum absolute atomic E-state index is 0.0451. The first-order valence-electron chi connectivity index (χ1n) is 16.1. The van der Waals surface area contributed by atoms with Crippen molar-refractivity contribution in [3.63, 3.8) is 0 Å². The molecule has 248 valence electrons. The van der Waals surface area contributed by atoms with E-state index in [0.717, 1.165) is 33.8 Å². The van der Waals surface area contributed by atoms with E-state index in [1.54, 1.807) is 0 Å². The molecule has 0 amide bonds. The highest BCUT2D eigenvalue weighted by Crippen LogP contribution is 2.35. The van der Waals surface area contributed by atoms with Crippen molar-refractivity contribution in [2.75, 3.05) is 4.90 Å². The highest BCUT2D eigenvalue weighted by Gasteiger charge is 2.17. The van der Waals surface area contributed by atoms with Gasteiger partial charge in [-0.15, -0.1) is 0 Å². The lowest BCUT2D eigenvalue weighted by Crippen LogP contribution is -2.12. The van der Waals surface area contributed by atoms with Gasteiger partial charge in [0.05, 0.1) is 11.4 Å². The highest BCUT2D eigenvalue weighted by molar-refractivity contribution is 6.09. The van der Waals surface area contributed by atoms with Crippen molar-refractivity contribution in [2.45, 2.75) is 61.3 Å². The Morgan fingerprint density at radius 2 is 0.854 bits per heavy atom. The van der Waals surface area contributed by atoms with E-state index in [4.69, 9.17) is 9.68 Å². The van der Waals surface area contributed by atoms with Crippen LogP contribution in [0.2, 0.25) is 0 Å². The van der Waals surface area contributed by atoms with Gasteiger partial charge < -0.3 is 14.6 Å². The molecule has 4 rings (SSSR count). The van der Waals surface area contributed by atoms with Crippen molar-refractivity contribution in [3.05, 3.63) is 125 Å². The molecule has 48 heavy (non-hydrogen) atoms. The molecule has 0 saturated heterocycles. The smallest absolute Gasteiger partial charge is 0.318 e. The zero-order valence-corrected chi connectivity index (χ0v) is 28.7. The van der Waals surface area contributed by atoms with Crippen molar-refractivity contribution in [2.24, 2.45) is 22.1 Å². The number of rotatable bonds is 13. The molecular weight excluding hydrogens is 602 g/mol. The lowest BCUT2D eigenvalue weighted by Gasteiger charge is -2.26. The highest BCUT2D eigenvalue weighted by atomic mass is 16.7. The molecule has 0 heterocycles. The summed E-state index contributed by atoms with van der Waals surface area (Å²) in [5.74, 6) is -0.376. The summed E-state index contributed by atoms with van der Waals surface area (Å²) in [5.41, 5.74) is 7.99. The van der Waals surface area contributed by atoms with E-state index in [2.05, 4.69) is 42.9 Å². The molecular formula is C40H43N3O5. The van der Waals surface area contributed by atoms with E-state index in [0.29, 0.717) is 47.2 Å². The van der Waals surface area contributed by atoms with Crippen LogP contribution in [-0.4, -0.2) is 29.1 Å². The maximum absolute atomic E-state index is 13.2. The molecule has 4 aromatic rings. The summed E-state index contributed by atoms with van der Waals surface area (Å²) in [7, 11) is 0. The predicted molar refractivity (Wildman–Crippen MR) is 191 cm³/mol. The van der Waals surface area contributed by atoms with Crippen molar-refractivity contribution in [1.82, 2.24) is 0 Å². The Hall–Kier alpha value is -5.37. The molecule has 0 unspecified atom stereocenters. The monoisotopic (exact) mass is 645 g/mol. The number of aryl methyl sites for hydroxylation is 1. The molecule has 0 atom stereocenters. The van der Waals surface area contributed by atoms with E-state index >= 15 is 0 Å². The lowest BCUT2D eigenvalue weighted by molar-refractivity contribution is -0.141. The molecule has 0 radical (unpaired) electrons. The fourth-order valence-corrected chi connectivity index (χ4v) is 5.11. The number of carbonyl (C=O) groups excluding carboxylic acids is 3. The van der Waals surface area contributed by atoms with Gasteiger partial charge in [-0.3, -0.25) is 4.79 Å². The first kappa shape index (κ1) is 35.5. The SMILES string of the molecule is CC(=O)ON=C(CC(C)C)c1ccc(N(c2ccc(C(=O)c3ccc(C)cc3)cc2)c2ccc(/C(CC(C)C)=N/OC(C)=O)cc2)cc1. The minimum Gasteiger partial charge on any atom is -0.318 e. The number of nitrogens with zero attached hydrogens (tertiary/aromatic N) is 3. The standard InChI is InChI=1S/C40H43N3O5/c1-26(2)24-38(41-47-29(6)44)31-12-18-35(19-13-31)43(36-20-14-32(15-21-36)39(25-27(3)4)42-48-30(7)45)37-22-16-34(17-23-37)40(46)33-10-8-28(5)9-11-33/h8-23,26-27H,24-25H2,1-7H3/b41-38+,42-39?. The van der Waals surface area contributed by atoms with Gasteiger partial charge in [-0.05, 0) is 91.3 Å². The van der Waals surface area contributed by atoms with Crippen LogP contribution < -0.4 is 4.90 Å². The number of carbonyl (C=O) groups is 3. The van der Waals surface area contributed by atoms with Gasteiger partial charge in [0.15, 0.2) is 5.78 Å². The number of ketones is 1. The van der Waals surface area contributed by atoms with Crippen LogP contribution in [0.4, 0.5) is 17.1 Å². The Morgan fingerprint density at radius 1 is 0.542 bits per heavy atom. The first-order chi connectivity index (χ1) is 22.9. The number of hydrogen-bond acceptors (Lipinski definition) is 8. The van der Waals surface area contributed by atoms with Crippen LogP contribution >= 0.6 is 0 Å². The van der Waals surface area contributed by atoms with E-state index in [-0.39, 0.29) is 5.78 Å². The van der Waals surface area contributed by atoms with Crippen LogP contribution in [0.1, 0.15) is 87.0 Å². The number of hydrogen-bond donors (Lipinski definition) is 0. The fourth-order valence-electron chi connectivity index (χ4n) is 5.11. The molecule has 4 aromatic carbocycles. The number of oxime groups is 2. The second-order valence-electron chi connectivity index (χ2n) is 12.6. The zero-order valence-electron chi connectivity index (χ0n) is 28.7. The summed E-state index contributed by atoms with van der Waals surface area (Å²) in [5, 5.41) is 8.26. The van der Waals surface area contributed by atoms with Crippen LogP contribution in [0.3, 0.4) is 0 Å². The Kier molecular flexibility index (Phi) is 12.2. The number of benzene rings is 4. The summed E-state index contributed by atoms with van der Waals surface area (Å²) < 4.78 is 0. The van der Waals surface area contributed by atoms with Crippen molar-refractivity contribution in [1.29, 1.82) is 0 Å². The van der Waals surface area contributed by atoms with Gasteiger partial charge in [-0.25, -0.2) is 9.59 Å². The Balaban J connectivity index is 1.75. The molecule has 0 fully saturated rings. The molecule has 0 aliphatic rings. The van der Waals surface area contributed by atoms with Crippen LogP contribution in [0, 0.1) is 18.8 Å². The zero-order chi connectivity index (χ0) is 34.8. The third-order valence-corrected chi connectivity index (χ3v) is 7.39. The molecule has 0 aliphatic heterocycles. The largest absolute Gasteiger partial charge is 0.331 e. The number of anilines is 3. The van der Waals surface area contributed by atoms with Crippen molar-refractivity contribution in [3.8, 4) is 0 Å². The predicted octanol–water partition coefficient (Wildman–Crippen LogP) is 9.32. The second kappa shape index (κ2) is 16.5. The summed E-state index contributed by atoms with van der Waals surface area (Å²) >= 11 is 0. The molecule has 0 saturated carbocycles. The fraction of sp³-hybridized carbons (Fsp3) is 0.275. The lowest BCUT2D eigenvalue weighted by atomic mass is 9.99. The Bertz CT molecular complexity index is 1690. The van der Waals surface area contributed by atoms with Crippen molar-refractivity contribution >= 4 is 46.2 Å². The van der Waals surface area contributed by atoms with E-state index in [1.165, 1.54) is 13.8 Å². The normalized spacial score (nSPS) is 11.9. The van der Waals surface area contributed by atoms with Crippen LogP contribution in [0.25, 0.3) is 0 Å².